The second-order valence-electron chi connectivity index (χ2n) is 5.97. The average molecular weight is 352 g/mol. The van der Waals surface area contributed by atoms with E-state index < -0.39 is 10.0 Å². The number of sulfonamides is 1. The molecule has 2 aromatic heterocycles. The van der Waals surface area contributed by atoms with Gasteiger partial charge in [0.05, 0.1) is 24.5 Å². The van der Waals surface area contributed by atoms with Gasteiger partial charge >= 0.3 is 0 Å². The van der Waals surface area contributed by atoms with Crippen LogP contribution in [0.25, 0.3) is 0 Å². The van der Waals surface area contributed by atoms with Gasteiger partial charge in [0.15, 0.2) is 5.76 Å². The maximum Gasteiger partial charge on any atom is 0.289 e. The minimum Gasteiger partial charge on any atom is -0.456 e. The quantitative estimate of drug-likeness (QED) is 0.863. The van der Waals surface area contributed by atoms with E-state index in [1.54, 1.807) is 30.2 Å². The molecule has 0 aliphatic carbocycles. The number of carbonyl (C=O) groups excluding carboxylic acids is 1. The summed E-state index contributed by atoms with van der Waals surface area (Å²) in [5.41, 5.74) is 0.919. The van der Waals surface area contributed by atoms with Crippen LogP contribution >= 0.6 is 0 Å². The third-order valence-corrected chi connectivity index (χ3v) is 4.69. The molecule has 0 spiro atoms. The highest BCUT2D eigenvalue weighted by molar-refractivity contribution is 7.88. The molecule has 3 rings (SSSR count). The number of amides is 1. The molecule has 9 heteroatoms. The molecule has 1 aliphatic rings. The third-order valence-electron chi connectivity index (χ3n) is 3.96. The van der Waals surface area contributed by atoms with Crippen molar-refractivity contribution in [3.8, 4) is 0 Å². The highest BCUT2D eigenvalue weighted by atomic mass is 32.2. The van der Waals surface area contributed by atoms with Crippen molar-refractivity contribution >= 4 is 15.9 Å². The normalized spacial score (nSPS) is 17.8. The number of hydrogen-bond acceptors (Lipinski definition) is 5. The molecule has 1 unspecified atom stereocenters. The fraction of sp³-hybridized carbons (Fsp3) is 0.467. The van der Waals surface area contributed by atoms with Crippen LogP contribution in [-0.2, 0) is 16.6 Å². The molecule has 24 heavy (non-hydrogen) atoms. The average Bonchev–Trinajstić information content (AvgIpc) is 3.13. The van der Waals surface area contributed by atoms with Crippen LogP contribution in [0.4, 0.5) is 0 Å². The molecule has 1 N–H and O–H groups in total. The van der Waals surface area contributed by atoms with Crippen molar-refractivity contribution in [3.05, 3.63) is 41.6 Å². The van der Waals surface area contributed by atoms with Crippen LogP contribution in [0.2, 0.25) is 0 Å². The number of hydrogen-bond donors (Lipinski definition) is 1. The minimum atomic E-state index is -3.23. The van der Waals surface area contributed by atoms with Gasteiger partial charge in [0.2, 0.25) is 10.0 Å². The summed E-state index contributed by atoms with van der Waals surface area (Å²) in [7, 11) is -3.23. The van der Waals surface area contributed by atoms with Crippen LogP contribution in [-0.4, -0.2) is 48.4 Å². The molecule has 1 atom stereocenters. The van der Waals surface area contributed by atoms with Crippen LogP contribution in [0.3, 0.4) is 0 Å². The summed E-state index contributed by atoms with van der Waals surface area (Å²) in [5, 5.41) is 4.30. The molecular formula is C15H20N4O4S. The molecule has 130 valence electrons. The molecule has 0 saturated carbocycles. The first-order chi connectivity index (χ1) is 11.3. The number of nitrogens with zero attached hydrogens (tertiary/aromatic N) is 3. The topological polar surface area (TPSA) is 97.4 Å². The van der Waals surface area contributed by atoms with Crippen LogP contribution in [0.5, 0.6) is 0 Å². The van der Waals surface area contributed by atoms with Gasteiger partial charge in [-0.15, -0.1) is 0 Å². The molecule has 8 nitrogen and oxygen atoms in total. The highest BCUT2D eigenvalue weighted by Crippen LogP contribution is 2.24. The Bertz CT molecular complexity index is 839. The Kier molecular flexibility index (Phi) is 4.46. The number of carbonyl (C=O) groups is 1. The summed E-state index contributed by atoms with van der Waals surface area (Å²) in [4.78, 5) is 14.3. The van der Waals surface area contributed by atoms with Crippen LogP contribution in [0.1, 0.15) is 34.5 Å². The van der Waals surface area contributed by atoms with Crippen LogP contribution in [0, 0.1) is 6.92 Å². The van der Waals surface area contributed by atoms with Gasteiger partial charge < -0.3 is 9.32 Å². The van der Waals surface area contributed by atoms with Gasteiger partial charge in [-0.2, -0.15) is 5.10 Å². The largest absolute Gasteiger partial charge is 0.456 e. The molecule has 1 amide bonds. The number of rotatable bonds is 5. The summed E-state index contributed by atoms with van der Waals surface area (Å²) in [6.07, 6.45) is 3.36. The number of nitrogens with one attached hydrogen (secondary N) is 1. The van der Waals surface area contributed by atoms with Gasteiger partial charge in [-0.1, -0.05) is 0 Å². The van der Waals surface area contributed by atoms with Crippen molar-refractivity contribution in [1.82, 2.24) is 19.4 Å². The molecule has 0 saturated heterocycles. The Morgan fingerprint density at radius 3 is 2.88 bits per heavy atom. The number of furan rings is 1. The summed E-state index contributed by atoms with van der Waals surface area (Å²) >= 11 is 0. The fourth-order valence-electron chi connectivity index (χ4n) is 2.87. The van der Waals surface area contributed by atoms with Crippen LogP contribution in [0.15, 0.2) is 28.8 Å². The molecule has 0 radical (unpaired) electrons. The zero-order valence-electron chi connectivity index (χ0n) is 13.6. The first-order valence-electron chi connectivity index (χ1n) is 7.66. The van der Waals surface area contributed by atoms with Gasteiger partial charge in [-0.05, 0) is 31.5 Å². The number of aryl methyl sites for hydroxylation is 1. The summed E-state index contributed by atoms with van der Waals surface area (Å²) in [5.74, 6) is 0.833. The summed E-state index contributed by atoms with van der Waals surface area (Å²) < 4.78 is 32.2. The van der Waals surface area contributed by atoms with Crippen molar-refractivity contribution in [1.29, 1.82) is 0 Å². The zero-order valence-corrected chi connectivity index (χ0v) is 14.4. The first-order valence-corrected chi connectivity index (χ1v) is 9.55. The second kappa shape index (κ2) is 6.40. The molecule has 2 aromatic rings. The van der Waals surface area contributed by atoms with E-state index in [0.29, 0.717) is 37.6 Å². The Hall–Kier alpha value is -2.13. The lowest BCUT2D eigenvalue weighted by atomic mass is 10.1. The van der Waals surface area contributed by atoms with E-state index in [-0.39, 0.29) is 11.9 Å². The molecular weight excluding hydrogens is 332 g/mol. The van der Waals surface area contributed by atoms with Crippen molar-refractivity contribution in [3.63, 3.8) is 0 Å². The lowest BCUT2D eigenvalue weighted by Gasteiger charge is -2.33. The molecule has 3 heterocycles. The maximum atomic E-state index is 12.6. The molecule has 0 aromatic carbocycles. The Morgan fingerprint density at radius 1 is 1.42 bits per heavy atom. The molecule has 0 bridgehead atoms. The number of aromatic nitrogens is 2. The van der Waals surface area contributed by atoms with Crippen LogP contribution < -0.4 is 4.72 Å². The predicted octanol–water partition coefficient (Wildman–Crippen LogP) is 0.921. The van der Waals surface area contributed by atoms with E-state index in [0.717, 1.165) is 11.9 Å². The van der Waals surface area contributed by atoms with Gasteiger partial charge in [0.25, 0.3) is 5.91 Å². The standard InChI is InChI=1S/C15H20N4O4S/c1-11-3-4-14(23-11)15(20)18-9-12-5-7-16-19(12)13(10-18)6-8-17-24(2,21)22/h3-5,7,13,17H,6,8-10H2,1-2H3. The zero-order chi connectivity index (χ0) is 17.3. The van der Waals surface area contributed by atoms with Crippen molar-refractivity contribution in [2.24, 2.45) is 0 Å². The monoisotopic (exact) mass is 352 g/mol. The van der Waals surface area contributed by atoms with E-state index in [2.05, 4.69) is 9.82 Å². The van der Waals surface area contributed by atoms with E-state index in [9.17, 15) is 13.2 Å². The van der Waals surface area contributed by atoms with Gasteiger partial charge in [-0.25, -0.2) is 13.1 Å². The fourth-order valence-corrected chi connectivity index (χ4v) is 3.36. The van der Waals surface area contributed by atoms with E-state index in [1.807, 2.05) is 10.7 Å². The molecule has 1 aliphatic heterocycles. The third kappa shape index (κ3) is 3.68. The maximum absolute atomic E-state index is 12.6. The first kappa shape index (κ1) is 16.7. The Balaban J connectivity index is 1.74. The van der Waals surface area contributed by atoms with Crippen molar-refractivity contribution in [2.75, 3.05) is 19.3 Å². The van der Waals surface area contributed by atoms with Crippen molar-refractivity contribution in [2.45, 2.75) is 25.9 Å². The summed E-state index contributed by atoms with van der Waals surface area (Å²) in [6.45, 7) is 3.00. The summed E-state index contributed by atoms with van der Waals surface area (Å²) in [6, 6.07) is 5.21. The van der Waals surface area contributed by atoms with E-state index in [1.165, 1.54) is 0 Å². The second-order valence-corrected chi connectivity index (χ2v) is 7.81. The van der Waals surface area contributed by atoms with Gasteiger partial charge in [0.1, 0.15) is 5.76 Å². The smallest absolute Gasteiger partial charge is 0.289 e. The van der Waals surface area contributed by atoms with Gasteiger partial charge in [0, 0.05) is 19.3 Å². The SMILES string of the molecule is Cc1ccc(C(=O)N2Cc3ccnn3C(CCNS(C)(=O)=O)C2)o1. The lowest BCUT2D eigenvalue weighted by molar-refractivity contribution is 0.0631. The van der Waals surface area contributed by atoms with Gasteiger partial charge in [-0.3, -0.25) is 9.48 Å². The van der Waals surface area contributed by atoms with Crippen molar-refractivity contribution < 1.29 is 17.6 Å². The Morgan fingerprint density at radius 2 is 2.21 bits per heavy atom. The number of fused-ring (bicyclic) bond motifs is 1. The van der Waals surface area contributed by atoms with E-state index >= 15 is 0 Å². The highest BCUT2D eigenvalue weighted by Gasteiger charge is 2.30. The van der Waals surface area contributed by atoms with E-state index in [4.69, 9.17) is 4.42 Å². The molecule has 0 fully saturated rings. The Labute approximate surface area is 140 Å². The predicted molar refractivity (Wildman–Crippen MR) is 86.9 cm³/mol. The minimum absolute atomic E-state index is 0.0852. The lowest BCUT2D eigenvalue weighted by Crippen LogP contribution is -2.42.